The van der Waals surface area contributed by atoms with E-state index >= 15 is 0 Å². The maximum absolute atomic E-state index is 12.0. The minimum atomic E-state index is -1.07. The molecule has 1 rings (SSSR count). The van der Waals surface area contributed by atoms with Gasteiger partial charge >= 0.3 is 5.97 Å². The zero-order chi connectivity index (χ0) is 15.0. The van der Waals surface area contributed by atoms with Crippen molar-refractivity contribution in [2.75, 3.05) is 24.6 Å². The van der Waals surface area contributed by atoms with Crippen molar-refractivity contribution in [2.45, 2.75) is 38.6 Å². The van der Waals surface area contributed by atoms with E-state index in [4.69, 9.17) is 5.11 Å². The average molecular weight is 302 g/mol. The summed E-state index contributed by atoms with van der Waals surface area (Å²) in [6.07, 6.45) is 4.42. The van der Waals surface area contributed by atoms with Gasteiger partial charge in [0.2, 0.25) is 11.8 Å². The van der Waals surface area contributed by atoms with Crippen molar-refractivity contribution in [1.82, 2.24) is 10.2 Å². The molecule has 0 radical (unpaired) electrons. The first-order chi connectivity index (χ1) is 9.50. The summed E-state index contributed by atoms with van der Waals surface area (Å²) >= 11 is 1.25. The summed E-state index contributed by atoms with van der Waals surface area (Å²) in [5.74, 6) is -0.923. The molecule has 1 aliphatic rings. The SMILES string of the molecule is CC(=O)N[C@@H](CSCC(=O)N1CCCCCC1)C(=O)O. The van der Waals surface area contributed by atoms with Crippen LogP contribution in [0.4, 0.5) is 0 Å². The quantitative estimate of drug-likeness (QED) is 0.754. The highest BCUT2D eigenvalue weighted by Gasteiger charge is 2.20. The molecule has 0 unspecified atom stereocenters. The van der Waals surface area contributed by atoms with Gasteiger partial charge in [-0.2, -0.15) is 0 Å². The number of carboxylic acids is 1. The smallest absolute Gasteiger partial charge is 0.327 e. The molecule has 1 atom stereocenters. The Balaban J connectivity index is 2.32. The Morgan fingerprint density at radius 3 is 2.30 bits per heavy atom. The van der Waals surface area contributed by atoms with Crippen LogP contribution in [0.2, 0.25) is 0 Å². The third-order valence-electron chi connectivity index (χ3n) is 3.14. The minimum absolute atomic E-state index is 0.0591. The molecule has 2 amide bonds. The van der Waals surface area contributed by atoms with Gasteiger partial charge in [0.05, 0.1) is 5.75 Å². The Morgan fingerprint density at radius 2 is 1.80 bits per heavy atom. The van der Waals surface area contributed by atoms with E-state index < -0.39 is 12.0 Å². The van der Waals surface area contributed by atoms with Crippen molar-refractivity contribution in [3.05, 3.63) is 0 Å². The highest BCUT2D eigenvalue weighted by molar-refractivity contribution is 8.00. The van der Waals surface area contributed by atoms with Crippen molar-refractivity contribution in [3.63, 3.8) is 0 Å². The van der Waals surface area contributed by atoms with Gasteiger partial charge in [0.15, 0.2) is 0 Å². The number of hydrogen-bond donors (Lipinski definition) is 2. The number of carboxylic acid groups (broad SMARTS) is 1. The van der Waals surface area contributed by atoms with E-state index in [0.717, 1.165) is 25.9 Å². The van der Waals surface area contributed by atoms with Crippen LogP contribution >= 0.6 is 11.8 Å². The maximum Gasteiger partial charge on any atom is 0.327 e. The fraction of sp³-hybridized carbons (Fsp3) is 0.769. The topological polar surface area (TPSA) is 86.7 Å². The van der Waals surface area contributed by atoms with Gasteiger partial charge in [0.25, 0.3) is 0 Å². The number of hydrogen-bond acceptors (Lipinski definition) is 4. The van der Waals surface area contributed by atoms with E-state index in [0.29, 0.717) is 0 Å². The van der Waals surface area contributed by atoms with Gasteiger partial charge in [-0.05, 0) is 12.8 Å². The number of aliphatic carboxylic acids is 1. The van der Waals surface area contributed by atoms with Crippen LogP contribution < -0.4 is 5.32 Å². The van der Waals surface area contributed by atoms with E-state index in [1.165, 1.54) is 31.5 Å². The first-order valence-electron chi connectivity index (χ1n) is 6.86. The van der Waals surface area contributed by atoms with Crippen LogP contribution in [0.15, 0.2) is 0 Å². The molecule has 2 N–H and O–H groups in total. The molecule has 0 aromatic rings. The average Bonchev–Trinajstić information content (AvgIpc) is 2.65. The molecular formula is C13H22N2O4S. The van der Waals surface area contributed by atoms with Gasteiger partial charge in [-0.25, -0.2) is 4.79 Å². The Hall–Kier alpha value is -1.24. The van der Waals surface area contributed by atoms with Crippen LogP contribution in [-0.2, 0) is 14.4 Å². The van der Waals surface area contributed by atoms with Gasteiger partial charge < -0.3 is 15.3 Å². The zero-order valence-electron chi connectivity index (χ0n) is 11.8. The predicted molar refractivity (Wildman–Crippen MR) is 77.6 cm³/mol. The molecule has 1 aliphatic heterocycles. The largest absolute Gasteiger partial charge is 0.480 e. The standard InChI is InChI=1S/C13H22N2O4S/c1-10(16)14-11(13(18)19)8-20-9-12(17)15-6-4-2-3-5-7-15/h11H,2-9H2,1H3,(H,14,16)(H,18,19)/t11-/m0/s1. The zero-order valence-corrected chi connectivity index (χ0v) is 12.6. The van der Waals surface area contributed by atoms with Gasteiger partial charge in [-0.15, -0.1) is 11.8 Å². The first kappa shape index (κ1) is 16.8. The molecule has 0 saturated carbocycles. The molecule has 1 saturated heterocycles. The lowest BCUT2D eigenvalue weighted by Crippen LogP contribution is -2.42. The van der Waals surface area contributed by atoms with Crippen LogP contribution in [0.25, 0.3) is 0 Å². The third kappa shape index (κ3) is 6.27. The maximum atomic E-state index is 12.0. The molecule has 7 heteroatoms. The third-order valence-corrected chi connectivity index (χ3v) is 4.16. The van der Waals surface area contributed by atoms with Gasteiger partial charge in [-0.3, -0.25) is 9.59 Å². The molecule has 114 valence electrons. The molecule has 0 aromatic heterocycles. The molecule has 20 heavy (non-hydrogen) atoms. The lowest BCUT2D eigenvalue weighted by molar-refractivity contribution is -0.140. The molecule has 0 aromatic carbocycles. The first-order valence-corrected chi connectivity index (χ1v) is 8.01. The number of likely N-dealkylation sites (tertiary alicyclic amines) is 1. The monoisotopic (exact) mass is 302 g/mol. The second kappa shape index (κ2) is 8.84. The summed E-state index contributed by atoms with van der Waals surface area (Å²) in [5.41, 5.74) is 0. The lowest BCUT2D eigenvalue weighted by Gasteiger charge is -2.20. The molecule has 0 spiro atoms. The number of nitrogens with one attached hydrogen (secondary N) is 1. The van der Waals surface area contributed by atoms with E-state index in [9.17, 15) is 14.4 Å². The number of rotatable bonds is 6. The number of carbonyl (C=O) groups excluding carboxylic acids is 2. The molecule has 0 aliphatic carbocycles. The van der Waals surface area contributed by atoms with Gasteiger partial charge in [0, 0.05) is 25.8 Å². The highest BCUT2D eigenvalue weighted by Crippen LogP contribution is 2.12. The van der Waals surface area contributed by atoms with Crippen LogP contribution in [0.5, 0.6) is 0 Å². The van der Waals surface area contributed by atoms with Gasteiger partial charge in [0.1, 0.15) is 6.04 Å². The second-order valence-electron chi connectivity index (χ2n) is 4.90. The fourth-order valence-electron chi connectivity index (χ4n) is 2.10. The van der Waals surface area contributed by atoms with Crippen LogP contribution in [0.3, 0.4) is 0 Å². The fourth-order valence-corrected chi connectivity index (χ4v) is 3.03. The Bertz CT molecular complexity index is 354. The Morgan fingerprint density at radius 1 is 1.20 bits per heavy atom. The van der Waals surface area contributed by atoms with Crippen molar-refractivity contribution in [1.29, 1.82) is 0 Å². The van der Waals surface area contributed by atoms with Crippen LogP contribution in [0, 0.1) is 0 Å². The van der Waals surface area contributed by atoms with Crippen molar-refractivity contribution < 1.29 is 19.5 Å². The molecular weight excluding hydrogens is 280 g/mol. The summed E-state index contributed by atoms with van der Waals surface area (Å²) in [4.78, 5) is 35.7. The molecule has 0 bridgehead atoms. The molecule has 1 heterocycles. The van der Waals surface area contributed by atoms with E-state index in [-0.39, 0.29) is 23.3 Å². The van der Waals surface area contributed by atoms with Crippen molar-refractivity contribution in [3.8, 4) is 0 Å². The van der Waals surface area contributed by atoms with Gasteiger partial charge in [-0.1, -0.05) is 12.8 Å². The Labute approximate surface area is 123 Å². The molecule has 1 fully saturated rings. The number of nitrogens with zero attached hydrogens (tertiary/aromatic N) is 1. The summed E-state index contributed by atoms with van der Waals surface area (Å²) in [5, 5.41) is 11.3. The summed E-state index contributed by atoms with van der Waals surface area (Å²) in [7, 11) is 0. The van der Waals surface area contributed by atoms with E-state index in [2.05, 4.69) is 5.32 Å². The summed E-state index contributed by atoms with van der Waals surface area (Å²) < 4.78 is 0. The van der Waals surface area contributed by atoms with Crippen molar-refractivity contribution in [2.24, 2.45) is 0 Å². The van der Waals surface area contributed by atoms with E-state index in [1.807, 2.05) is 4.90 Å². The van der Waals surface area contributed by atoms with Crippen LogP contribution in [0.1, 0.15) is 32.6 Å². The normalized spacial score (nSPS) is 17.1. The number of amides is 2. The highest BCUT2D eigenvalue weighted by atomic mass is 32.2. The summed E-state index contributed by atoms with van der Waals surface area (Å²) in [6, 6.07) is -0.936. The Kier molecular flexibility index (Phi) is 7.43. The number of thioether (sulfide) groups is 1. The van der Waals surface area contributed by atoms with Crippen LogP contribution in [-0.4, -0.2) is 58.4 Å². The van der Waals surface area contributed by atoms with E-state index in [1.54, 1.807) is 0 Å². The summed E-state index contributed by atoms with van der Waals surface area (Å²) in [6.45, 7) is 2.88. The second-order valence-corrected chi connectivity index (χ2v) is 5.93. The van der Waals surface area contributed by atoms with Crippen molar-refractivity contribution >= 4 is 29.5 Å². The number of carbonyl (C=O) groups is 3. The molecule has 6 nitrogen and oxygen atoms in total. The predicted octanol–water partition coefficient (Wildman–Crippen LogP) is 0.711. The lowest BCUT2D eigenvalue weighted by atomic mass is 10.2. The minimum Gasteiger partial charge on any atom is -0.480 e.